The highest BCUT2D eigenvalue weighted by Gasteiger charge is 2.51. The lowest BCUT2D eigenvalue weighted by atomic mass is 9.82. The first-order chi connectivity index (χ1) is 6.74. The van der Waals surface area contributed by atoms with Crippen LogP contribution in [-0.4, -0.2) is 29.9 Å². The Balaban J connectivity index is 1.65. The van der Waals surface area contributed by atoms with Crippen LogP contribution in [0.15, 0.2) is 0 Å². The zero-order chi connectivity index (χ0) is 9.71. The second-order valence-electron chi connectivity index (χ2n) is 5.66. The number of hydrogen-bond acceptors (Lipinski definition) is 1. The van der Waals surface area contributed by atoms with Gasteiger partial charge in [0, 0.05) is 25.0 Å². The molecule has 5 unspecified atom stereocenters. The molecule has 1 nitrogen and oxygen atoms in total. The first-order valence-corrected chi connectivity index (χ1v) is 6.54. The van der Waals surface area contributed by atoms with Crippen LogP contribution in [0.2, 0.25) is 0 Å². The van der Waals surface area contributed by atoms with Crippen LogP contribution in [0.3, 0.4) is 0 Å². The third-order valence-electron chi connectivity index (χ3n) is 4.72. The Morgan fingerprint density at radius 2 is 1.79 bits per heavy atom. The highest BCUT2D eigenvalue weighted by atomic mass is 35.5. The largest absolute Gasteiger partial charge is 0.301 e. The molecule has 5 atom stereocenters. The van der Waals surface area contributed by atoms with E-state index < -0.39 is 0 Å². The van der Waals surface area contributed by atoms with Gasteiger partial charge in [-0.05, 0) is 49.9 Å². The molecule has 0 aromatic rings. The smallest absolute Gasteiger partial charge is 0.0435 e. The number of alkyl halides is 1. The van der Waals surface area contributed by atoms with Crippen molar-refractivity contribution in [2.45, 2.75) is 31.6 Å². The van der Waals surface area contributed by atoms with Gasteiger partial charge in [-0.1, -0.05) is 0 Å². The monoisotopic (exact) mass is 213 g/mol. The molecule has 2 bridgehead atoms. The summed E-state index contributed by atoms with van der Waals surface area (Å²) < 4.78 is 0. The van der Waals surface area contributed by atoms with Crippen molar-refractivity contribution in [2.75, 3.05) is 19.6 Å². The van der Waals surface area contributed by atoms with E-state index in [9.17, 15) is 0 Å². The van der Waals surface area contributed by atoms with Gasteiger partial charge < -0.3 is 4.90 Å². The van der Waals surface area contributed by atoms with E-state index in [-0.39, 0.29) is 0 Å². The van der Waals surface area contributed by atoms with Crippen molar-refractivity contribution in [3.05, 3.63) is 0 Å². The third-order valence-corrected chi connectivity index (χ3v) is 4.86. The average Bonchev–Trinajstić information content (AvgIpc) is 2.69. The summed E-state index contributed by atoms with van der Waals surface area (Å²) in [6.45, 7) is 5.92. The van der Waals surface area contributed by atoms with Crippen molar-refractivity contribution in [3.63, 3.8) is 0 Å². The normalized spacial score (nSPS) is 48.4. The SMILES string of the molecule is CC(Cl)CN1CC2C3CCC(C3)C2C1. The predicted octanol–water partition coefficient (Wildman–Crippen LogP) is 2.59. The zero-order valence-electron chi connectivity index (χ0n) is 8.95. The van der Waals surface area contributed by atoms with Gasteiger partial charge in [-0.3, -0.25) is 0 Å². The lowest BCUT2D eigenvalue weighted by Gasteiger charge is -2.22. The molecule has 0 radical (unpaired) electrons. The molecule has 0 aromatic heterocycles. The van der Waals surface area contributed by atoms with Crippen LogP contribution >= 0.6 is 11.6 Å². The minimum Gasteiger partial charge on any atom is -0.301 e. The van der Waals surface area contributed by atoms with Crippen LogP contribution in [0.4, 0.5) is 0 Å². The molecule has 80 valence electrons. The van der Waals surface area contributed by atoms with E-state index >= 15 is 0 Å². The maximum absolute atomic E-state index is 6.06. The summed E-state index contributed by atoms with van der Waals surface area (Å²) in [5.41, 5.74) is 0. The first-order valence-electron chi connectivity index (χ1n) is 6.10. The molecule has 3 aliphatic rings. The van der Waals surface area contributed by atoms with E-state index in [1.165, 1.54) is 25.9 Å². The summed E-state index contributed by atoms with van der Waals surface area (Å²) in [6, 6.07) is 0. The Morgan fingerprint density at radius 3 is 2.29 bits per heavy atom. The number of nitrogens with zero attached hydrogens (tertiary/aromatic N) is 1. The van der Waals surface area contributed by atoms with E-state index in [4.69, 9.17) is 11.6 Å². The highest BCUT2D eigenvalue weighted by molar-refractivity contribution is 6.20. The van der Waals surface area contributed by atoms with Crippen LogP contribution in [0.1, 0.15) is 26.2 Å². The van der Waals surface area contributed by atoms with Gasteiger partial charge in [0.15, 0.2) is 0 Å². The summed E-state index contributed by atoms with van der Waals surface area (Å²) in [4.78, 5) is 2.61. The van der Waals surface area contributed by atoms with Crippen molar-refractivity contribution >= 4 is 11.6 Å². The number of fused-ring (bicyclic) bond motifs is 5. The van der Waals surface area contributed by atoms with Crippen LogP contribution in [0.25, 0.3) is 0 Å². The summed E-state index contributed by atoms with van der Waals surface area (Å²) in [6.07, 6.45) is 4.60. The Kier molecular flexibility index (Phi) is 2.29. The van der Waals surface area contributed by atoms with Crippen molar-refractivity contribution in [3.8, 4) is 0 Å². The fourth-order valence-electron chi connectivity index (χ4n) is 4.27. The summed E-state index contributed by atoms with van der Waals surface area (Å²) >= 11 is 6.06. The summed E-state index contributed by atoms with van der Waals surface area (Å²) in [5.74, 6) is 4.26. The second-order valence-corrected chi connectivity index (χ2v) is 6.41. The van der Waals surface area contributed by atoms with Gasteiger partial charge in [0.2, 0.25) is 0 Å². The molecule has 2 saturated carbocycles. The highest BCUT2D eigenvalue weighted by Crippen LogP contribution is 2.55. The molecular weight excluding hydrogens is 194 g/mol. The Morgan fingerprint density at radius 1 is 1.21 bits per heavy atom. The predicted molar refractivity (Wildman–Crippen MR) is 59.6 cm³/mol. The molecule has 1 aliphatic heterocycles. The van der Waals surface area contributed by atoms with Gasteiger partial charge in [-0.2, -0.15) is 0 Å². The van der Waals surface area contributed by atoms with Gasteiger partial charge in [-0.25, -0.2) is 0 Å². The van der Waals surface area contributed by atoms with E-state index in [2.05, 4.69) is 11.8 Å². The van der Waals surface area contributed by atoms with Crippen LogP contribution in [-0.2, 0) is 0 Å². The number of rotatable bonds is 2. The van der Waals surface area contributed by atoms with Crippen molar-refractivity contribution in [1.82, 2.24) is 4.90 Å². The average molecular weight is 214 g/mol. The fourth-order valence-corrected chi connectivity index (χ4v) is 4.47. The molecule has 0 N–H and O–H groups in total. The number of likely N-dealkylation sites (tertiary alicyclic amines) is 1. The van der Waals surface area contributed by atoms with Gasteiger partial charge in [0.1, 0.15) is 0 Å². The van der Waals surface area contributed by atoms with Crippen molar-refractivity contribution < 1.29 is 0 Å². The quantitative estimate of drug-likeness (QED) is 0.638. The first kappa shape index (κ1) is 9.47. The van der Waals surface area contributed by atoms with E-state index in [0.717, 1.165) is 30.2 Å². The van der Waals surface area contributed by atoms with Crippen molar-refractivity contribution in [2.24, 2.45) is 23.7 Å². The molecule has 0 spiro atoms. The second kappa shape index (κ2) is 3.38. The van der Waals surface area contributed by atoms with E-state index in [0.29, 0.717) is 5.38 Å². The van der Waals surface area contributed by atoms with Crippen LogP contribution in [0.5, 0.6) is 0 Å². The minimum atomic E-state index is 0.325. The molecule has 1 saturated heterocycles. The summed E-state index contributed by atoms with van der Waals surface area (Å²) in [7, 11) is 0. The van der Waals surface area contributed by atoms with Gasteiger partial charge in [-0.15, -0.1) is 11.6 Å². The fraction of sp³-hybridized carbons (Fsp3) is 1.00. The topological polar surface area (TPSA) is 3.24 Å². The molecule has 3 rings (SSSR count). The molecule has 3 fully saturated rings. The summed E-state index contributed by atoms with van der Waals surface area (Å²) in [5, 5.41) is 0.325. The maximum atomic E-state index is 6.06. The Hall–Kier alpha value is 0.250. The Bertz CT molecular complexity index is 210. The molecule has 2 aliphatic carbocycles. The van der Waals surface area contributed by atoms with Gasteiger partial charge in [0.05, 0.1) is 0 Å². The minimum absolute atomic E-state index is 0.325. The number of hydrogen-bond donors (Lipinski definition) is 0. The molecular formula is C12H20ClN. The lowest BCUT2D eigenvalue weighted by Crippen LogP contribution is -2.28. The Labute approximate surface area is 91.8 Å². The maximum Gasteiger partial charge on any atom is 0.0435 e. The van der Waals surface area contributed by atoms with E-state index in [1.807, 2.05) is 0 Å². The van der Waals surface area contributed by atoms with E-state index in [1.54, 1.807) is 6.42 Å². The zero-order valence-corrected chi connectivity index (χ0v) is 9.71. The molecule has 0 aromatic carbocycles. The van der Waals surface area contributed by atoms with Crippen LogP contribution < -0.4 is 0 Å². The van der Waals surface area contributed by atoms with Crippen LogP contribution in [0, 0.1) is 23.7 Å². The van der Waals surface area contributed by atoms with Gasteiger partial charge in [0.25, 0.3) is 0 Å². The molecule has 2 heteroatoms. The standard InChI is InChI=1S/C12H20ClN/c1-8(13)5-14-6-11-9-2-3-10(4-9)12(11)7-14/h8-12H,2-7H2,1H3. The third kappa shape index (κ3) is 1.40. The molecule has 0 amide bonds. The molecule has 1 heterocycles. The number of halogens is 1. The lowest BCUT2D eigenvalue weighted by molar-refractivity contribution is 0.281. The van der Waals surface area contributed by atoms with Gasteiger partial charge >= 0.3 is 0 Å². The van der Waals surface area contributed by atoms with Crippen molar-refractivity contribution in [1.29, 1.82) is 0 Å². The molecule has 14 heavy (non-hydrogen) atoms.